The lowest BCUT2D eigenvalue weighted by atomic mass is 9.93. The molecule has 3 aliphatic rings. The van der Waals surface area contributed by atoms with Gasteiger partial charge in [-0.2, -0.15) is 0 Å². The highest BCUT2D eigenvalue weighted by atomic mass is 16.7. The van der Waals surface area contributed by atoms with E-state index in [9.17, 15) is 0 Å². The lowest BCUT2D eigenvalue weighted by Crippen LogP contribution is -2.33. The standard InChI is InChI=1S/C20H20N2O3/c1-12(2)22-10-21-20(14-3-4-17-13(7-14)5-6-23-17)15-8-18-19(9-16(15)22)25-11-24-18/h3-4,7-10,12,20H,5-6,11H2,1-2H3. The summed E-state index contributed by atoms with van der Waals surface area (Å²) in [6, 6.07) is 10.8. The molecular weight excluding hydrogens is 316 g/mol. The molecule has 5 rings (SSSR count). The fourth-order valence-electron chi connectivity index (χ4n) is 3.72. The number of ether oxygens (including phenoxy) is 3. The van der Waals surface area contributed by atoms with Crippen LogP contribution in [0.15, 0.2) is 35.3 Å². The zero-order valence-corrected chi connectivity index (χ0v) is 14.4. The molecule has 3 heterocycles. The van der Waals surface area contributed by atoms with Gasteiger partial charge in [0.1, 0.15) is 11.8 Å². The van der Waals surface area contributed by atoms with Crippen LogP contribution >= 0.6 is 0 Å². The minimum Gasteiger partial charge on any atom is -0.493 e. The molecule has 1 unspecified atom stereocenters. The van der Waals surface area contributed by atoms with Crippen molar-refractivity contribution >= 4 is 12.0 Å². The highest BCUT2D eigenvalue weighted by Crippen LogP contribution is 2.45. The Morgan fingerprint density at radius 2 is 1.88 bits per heavy atom. The first-order valence-electron chi connectivity index (χ1n) is 8.71. The van der Waals surface area contributed by atoms with Crippen LogP contribution in [-0.2, 0) is 6.42 Å². The molecule has 0 amide bonds. The fourth-order valence-corrected chi connectivity index (χ4v) is 3.72. The van der Waals surface area contributed by atoms with Crippen LogP contribution in [0.5, 0.6) is 17.2 Å². The van der Waals surface area contributed by atoms with E-state index >= 15 is 0 Å². The van der Waals surface area contributed by atoms with Gasteiger partial charge in [-0.25, -0.2) is 0 Å². The summed E-state index contributed by atoms with van der Waals surface area (Å²) >= 11 is 0. The van der Waals surface area contributed by atoms with Gasteiger partial charge < -0.3 is 19.1 Å². The molecular formula is C20H20N2O3. The molecule has 0 N–H and O–H groups in total. The highest BCUT2D eigenvalue weighted by Gasteiger charge is 2.29. The summed E-state index contributed by atoms with van der Waals surface area (Å²) in [4.78, 5) is 7.04. The molecule has 0 aromatic heterocycles. The topological polar surface area (TPSA) is 43.3 Å². The maximum absolute atomic E-state index is 5.64. The second kappa shape index (κ2) is 5.41. The molecule has 25 heavy (non-hydrogen) atoms. The van der Waals surface area contributed by atoms with Crippen LogP contribution in [0.1, 0.15) is 36.6 Å². The second-order valence-corrected chi connectivity index (χ2v) is 6.90. The molecule has 2 aromatic carbocycles. The van der Waals surface area contributed by atoms with Crippen LogP contribution in [0.4, 0.5) is 5.69 Å². The first-order chi connectivity index (χ1) is 12.2. The largest absolute Gasteiger partial charge is 0.493 e. The first kappa shape index (κ1) is 14.6. The average Bonchev–Trinajstić information content (AvgIpc) is 3.26. The van der Waals surface area contributed by atoms with Gasteiger partial charge in [0.15, 0.2) is 11.5 Å². The molecule has 0 saturated heterocycles. The Morgan fingerprint density at radius 3 is 2.72 bits per heavy atom. The minimum absolute atomic E-state index is 0.0367. The predicted molar refractivity (Wildman–Crippen MR) is 96.2 cm³/mol. The van der Waals surface area contributed by atoms with Gasteiger partial charge in [0, 0.05) is 24.1 Å². The van der Waals surface area contributed by atoms with Crippen LogP contribution in [0.3, 0.4) is 0 Å². The normalized spacial score (nSPS) is 19.8. The summed E-state index contributed by atoms with van der Waals surface area (Å²) < 4.78 is 16.8. The van der Waals surface area contributed by atoms with E-state index in [0.29, 0.717) is 6.04 Å². The predicted octanol–water partition coefficient (Wildman–Crippen LogP) is 3.70. The summed E-state index contributed by atoms with van der Waals surface area (Å²) in [6.45, 7) is 5.37. The number of nitrogens with zero attached hydrogens (tertiary/aromatic N) is 2. The summed E-state index contributed by atoms with van der Waals surface area (Å²) in [5.74, 6) is 2.60. The van der Waals surface area contributed by atoms with Crippen molar-refractivity contribution in [3.63, 3.8) is 0 Å². The highest BCUT2D eigenvalue weighted by molar-refractivity contribution is 5.86. The quantitative estimate of drug-likeness (QED) is 0.839. The number of hydrogen-bond donors (Lipinski definition) is 0. The Labute approximate surface area is 146 Å². The lowest BCUT2D eigenvalue weighted by molar-refractivity contribution is 0.174. The zero-order valence-electron chi connectivity index (χ0n) is 14.4. The van der Waals surface area contributed by atoms with Gasteiger partial charge in [0.25, 0.3) is 0 Å². The molecule has 5 heteroatoms. The SMILES string of the molecule is CC(C)N1C=NC(c2ccc3c(c2)CCO3)c2cc3c(cc21)OCO3. The monoisotopic (exact) mass is 336 g/mol. The van der Waals surface area contributed by atoms with E-state index in [4.69, 9.17) is 19.2 Å². The number of benzene rings is 2. The fraction of sp³-hybridized carbons (Fsp3) is 0.350. The summed E-state index contributed by atoms with van der Waals surface area (Å²) in [5, 5.41) is 0. The van der Waals surface area contributed by atoms with Crippen LogP contribution in [0.25, 0.3) is 0 Å². The third kappa shape index (κ3) is 2.26. The van der Waals surface area contributed by atoms with E-state index in [2.05, 4.69) is 49.1 Å². The van der Waals surface area contributed by atoms with Crippen molar-refractivity contribution in [3.8, 4) is 17.2 Å². The van der Waals surface area contributed by atoms with E-state index in [1.807, 2.05) is 6.34 Å². The average molecular weight is 336 g/mol. The third-order valence-electron chi connectivity index (χ3n) is 5.02. The molecule has 2 aromatic rings. The maximum Gasteiger partial charge on any atom is 0.231 e. The van der Waals surface area contributed by atoms with Crippen LogP contribution in [-0.4, -0.2) is 25.8 Å². The van der Waals surface area contributed by atoms with Gasteiger partial charge in [-0.05, 0) is 43.2 Å². The van der Waals surface area contributed by atoms with Crippen molar-refractivity contribution in [3.05, 3.63) is 47.0 Å². The van der Waals surface area contributed by atoms with Gasteiger partial charge in [-0.1, -0.05) is 6.07 Å². The van der Waals surface area contributed by atoms with E-state index < -0.39 is 0 Å². The van der Waals surface area contributed by atoms with E-state index in [-0.39, 0.29) is 12.8 Å². The Bertz CT molecular complexity index is 875. The molecule has 0 bridgehead atoms. The molecule has 0 spiro atoms. The Morgan fingerprint density at radius 1 is 1.04 bits per heavy atom. The van der Waals surface area contributed by atoms with Crippen molar-refractivity contribution in [1.82, 2.24) is 0 Å². The van der Waals surface area contributed by atoms with Gasteiger partial charge in [-0.3, -0.25) is 4.99 Å². The van der Waals surface area contributed by atoms with Crippen molar-refractivity contribution in [2.45, 2.75) is 32.4 Å². The van der Waals surface area contributed by atoms with Gasteiger partial charge in [-0.15, -0.1) is 0 Å². The lowest BCUT2D eigenvalue weighted by Gasteiger charge is -2.33. The molecule has 0 radical (unpaired) electrons. The molecule has 0 fully saturated rings. The van der Waals surface area contributed by atoms with Gasteiger partial charge in [0.2, 0.25) is 6.79 Å². The van der Waals surface area contributed by atoms with Crippen molar-refractivity contribution in [1.29, 1.82) is 0 Å². The third-order valence-corrected chi connectivity index (χ3v) is 5.02. The van der Waals surface area contributed by atoms with Crippen molar-refractivity contribution in [2.24, 2.45) is 4.99 Å². The molecule has 1 atom stereocenters. The molecule has 5 nitrogen and oxygen atoms in total. The van der Waals surface area contributed by atoms with Crippen molar-refractivity contribution in [2.75, 3.05) is 18.3 Å². The van der Waals surface area contributed by atoms with Crippen LogP contribution in [0.2, 0.25) is 0 Å². The summed E-state index contributed by atoms with van der Waals surface area (Å²) in [7, 11) is 0. The maximum atomic E-state index is 5.64. The van der Waals surface area contributed by atoms with Crippen LogP contribution < -0.4 is 19.1 Å². The Kier molecular flexibility index (Phi) is 3.17. The first-order valence-corrected chi connectivity index (χ1v) is 8.71. The summed E-state index contributed by atoms with van der Waals surface area (Å²) in [6.07, 6.45) is 2.91. The molecule has 3 aliphatic heterocycles. The minimum atomic E-state index is -0.0367. The number of aliphatic imine (C=N–C) groups is 1. The number of fused-ring (bicyclic) bond motifs is 3. The van der Waals surface area contributed by atoms with E-state index in [1.165, 1.54) is 11.1 Å². The Balaban J connectivity index is 1.64. The summed E-state index contributed by atoms with van der Waals surface area (Å²) in [5.41, 5.74) is 4.74. The Hall–Kier alpha value is -2.69. The second-order valence-electron chi connectivity index (χ2n) is 6.90. The number of rotatable bonds is 2. The molecule has 0 aliphatic carbocycles. The number of hydrogen-bond acceptors (Lipinski definition) is 5. The van der Waals surface area contributed by atoms with Gasteiger partial charge >= 0.3 is 0 Å². The van der Waals surface area contributed by atoms with Crippen molar-refractivity contribution < 1.29 is 14.2 Å². The molecule has 0 saturated carbocycles. The van der Waals surface area contributed by atoms with E-state index in [1.54, 1.807) is 0 Å². The molecule has 128 valence electrons. The number of anilines is 1. The zero-order chi connectivity index (χ0) is 17.0. The smallest absolute Gasteiger partial charge is 0.231 e. The van der Waals surface area contributed by atoms with Crippen LogP contribution in [0, 0.1) is 0 Å². The van der Waals surface area contributed by atoms with Gasteiger partial charge in [0.05, 0.1) is 18.6 Å². The van der Waals surface area contributed by atoms with E-state index in [0.717, 1.165) is 41.5 Å².